The first kappa shape index (κ1) is 16.6. The normalized spacial score (nSPS) is 28.2. The quantitative estimate of drug-likeness (QED) is 0.850. The number of fused-ring (bicyclic) bond motifs is 1. The highest BCUT2D eigenvalue weighted by Gasteiger charge is 2.40. The van der Waals surface area contributed by atoms with E-state index in [0.29, 0.717) is 11.6 Å². The van der Waals surface area contributed by atoms with Gasteiger partial charge in [-0.25, -0.2) is 0 Å². The maximum atomic E-state index is 6.47. The maximum absolute atomic E-state index is 6.47. The molecular formula is C17H25BrN4O. The molecule has 0 bridgehead atoms. The Balaban J connectivity index is 1.90. The number of ether oxygens (including phenoxy) is 1. The highest BCUT2D eigenvalue weighted by atomic mass is 79.9. The Morgan fingerprint density at radius 1 is 1.43 bits per heavy atom. The minimum Gasteiger partial charge on any atom is -0.488 e. The van der Waals surface area contributed by atoms with Gasteiger partial charge < -0.3 is 10.5 Å². The molecule has 0 aromatic carbocycles. The largest absolute Gasteiger partial charge is 0.488 e. The average Bonchev–Trinajstić information content (AvgIpc) is 2.90. The van der Waals surface area contributed by atoms with Gasteiger partial charge in [0.2, 0.25) is 5.95 Å². The first-order valence-electron chi connectivity index (χ1n) is 8.43. The fourth-order valence-electron chi connectivity index (χ4n) is 3.52. The molecule has 0 spiro atoms. The summed E-state index contributed by atoms with van der Waals surface area (Å²) in [5, 5.41) is 8.00. The summed E-state index contributed by atoms with van der Waals surface area (Å²) in [6.07, 6.45) is 8.11. The van der Waals surface area contributed by atoms with Crippen LogP contribution >= 0.6 is 15.9 Å². The van der Waals surface area contributed by atoms with Crippen LogP contribution in [0.5, 0.6) is 5.75 Å². The van der Waals surface area contributed by atoms with Crippen molar-refractivity contribution in [1.29, 1.82) is 0 Å². The van der Waals surface area contributed by atoms with Gasteiger partial charge in [0.1, 0.15) is 11.9 Å². The van der Waals surface area contributed by atoms with Crippen LogP contribution in [0.4, 0.5) is 5.95 Å². The summed E-state index contributed by atoms with van der Waals surface area (Å²) >= 11 is 3.60. The maximum Gasteiger partial charge on any atom is 0.226 e. The predicted molar refractivity (Wildman–Crippen MR) is 95.5 cm³/mol. The summed E-state index contributed by atoms with van der Waals surface area (Å²) in [7, 11) is 0. The molecule has 3 rings (SSSR count). The Bertz CT molecular complexity index is 701. The molecule has 0 radical (unpaired) electrons. The SMILES string of the molecule is CC[C@H]1CCC(C)(CC)[C@H](Oc2cc3nnc(N)n3cc2Br)C1. The van der Waals surface area contributed by atoms with Crippen molar-refractivity contribution in [2.45, 2.75) is 59.0 Å². The van der Waals surface area contributed by atoms with E-state index >= 15 is 0 Å². The number of nitrogens with zero attached hydrogens (tertiary/aromatic N) is 3. The van der Waals surface area contributed by atoms with E-state index in [2.05, 4.69) is 46.9 Å². The Kier molecular flexibility index (Phi) is 4.54. The lowest BCUT2D eigenvalue weighted by atomic mass is 9.67. The molecule has 5 nitrogen and oxygen atoms in total. The van der Waals surface area contributed by atoms with E-state index in [4.69, 9.17) is 10.5 Å². The van der Waals surface area contributed by atoms with Gasteiger partial charge in [0.05, 0.1) is 4.47 Å². The molecule has 23 heavy (non-hydrogen) atoms. The van der Waals surface area contributed by atoms with Crippen LogP contribution in [-0.2, 0) is 0 Å². The van der Waals surface area contributed by atoms with Gasteiger partial charge in [-0.05, 0) is 47.5 Å². The minimum absolute atomic E-state index is 0.226. The monoisotopic (exact) mass is 380 g/mol. The lowest BCUT2D eigenvalue weighted by Gasteiger charge is -2.43. The number of nitrogens with two attached hydrogens (primary N) is 1. The van der Waals surface area contributed by atoms with E-state index in [1.807, 2.05) is 12.3 Å². The topological polar surface area (TPSA) is 65.4 Å². The zero-order valence-corrected chi connectivity index (χ0v) is 15.6. The fourth-order valence-corrected chi connectivity index (χ4v) is 3.93. The average molecular weight is 381 g/mol. The Labute approximate surface area is 145 Å². The molecule has 0 saturated heterocycles. The van der Waals surface area contributed by atoms with E-state index in [-0.39, 0.29) is 11.5 Å². The summed E-state index contributed by atoms with van der Waals surface area (Å²) in [6, 6.07) is 1.92. The number of rotatable bonds is 4. The van der Waals surface area contributed by atoms with E-state index in [0.717, 1.165) is 29.0 Å². The molecule has 1 unspecified atom stereocenters. The van der Waals surface area contributed by atoms with Gasteiger partial charge in [0.15, 0.2) is 5.65 Å². The van der Waals surface area contributed by atoms with Crippen LogP contribution in [0.3, 0.4) is 0 Å². The van der Waals surface area contributed by atoms with E-state index in [1.54, 1.807) is 4.40 Å². The number of halogens is 1. The third kappa shape index (κ3) is 3.05. The highest BCUT2D eigenvalue weighted by molar-refractivity contribution is 9.10. The van der Waals surface area contributed by atoms with Gasteiger partial charge in [-0.15, -0.1) is 10.2 Å². The van der Waals surface area contributed by atoms with E-state index < -0.39 is 0 Å². The van der Waals surface area contributed by atoms with Crippen LogP contribution in [0.2, 0.25) is 0 Å². The second kappa shape index (κ2) is 6.30. The molecule has 0 amide bonds. The fraction of sp³-hybridized carbons (Fsp3) is 0.647. The summed E-state index contributed by atoms with van der Waals surface area (Å²) < 4.78 is 9.11. The van der Waals surface area contributed by atoms with E-state index in [9.17, 15) is 0 Å². The zero-order valence-electron chi connectivity index (χ0n) is 14.1. The molecule has 2 N–H and O–H groups in total. The molecule has 6 heteroatoms. The molecule has 3 atom stereocenters. The molecule has 1 fully saturated rings. The molecule has 1 aliphatic carbocycles. The first-order valence-corrected chi connectivity index (χ1v) is 9.22. The number of aromatic nitrogens is 3. The van der Waals surface area contributed by atoms with Crippen molar-refractivity contribution in [1.82, 2.24) is 14.6 Å². The van der Waals surface area contributed by atoms with Crippen molar-refractivity contribution >= 4 is 27.5 Å². The summed E-state index contributed by atoms with van der Waals surface area (Å²) in [5.74, 6) is 1.96. The van der Waals surface area contributed by atoms with Crippen LogP contribution in [0.25, 0.3) is 5.65 Å². The van der Waals surface area contributed by atoms with Crippen molar-refractivity contribution in [2.75, 3.05) is 5.73 Å². The number of nitrogen functional groups attached to an aromatic ring is 1. The Morgan fingerprint density at radius 2 is 2.22 bits per heavy atom. The van der Waals surface area contributed by atoms with Gasteiger partial charge >= 0.3 is 0 Å². The first-order chi connectivity index (χ1) is 11.0. The number of hydrogen-bond donors (Lipinski definition) is 1. The third-order valence-electron chi connectivity index (χ3n) is 5.59. The van der Waals surface area contributed by atoms with Gasteiger partial charge in [0, 0.05) is 17.7 Å². The smallest absolute Gasteiger partial charge is 0.226 e. The predicted octanol–water partition coefficient (Wildman–Crippen LogP) is 4.45. The minimum atomic E-state index is 0.226. The van der Waals surface area contributed by atoms with Gasteiger partial charge in [0.25, 0.3) is 0 Å². The standard InChI is InChI=1S/C17H25BrN4O/c1-4-11-6-7-17(3,5-2)14(8-11)23-13-9-15-20-21-16(19)22(15)10-12(13)18/h9-11,14H,4-8H2,1-3H3,(H2,19,21)/t11-,14+,17?/m0/s1. The summed E-state index contributed by atoms with van der Waals surface area (Å²) in [5.41, 5.74) is 6.74. The molecule has 1 saturated carbocycles. The van der Waals surface area contributed by atoms with Crippen LogP contribution in [-0.4, -0.2) is 20.7 Å². The van der Waals surface area contributed by atoms with Crippen molar-refractivity contribution in [3.8, 4) is 5.75 Å². The number of hydrogen-bond acceptors (Lipinski definition) is 4. The number of anilines is 1. The van der Waals surface area contributed by atoms with Crippen LogP contribution in [0.1, 0.15) is 52.9 Å². The molecule has 2 heterocycles. The van der Waals surface area contributed by atoms with Crippen LogP contribution in [0.15, 0.2) is 16.7 Å². The van der Waals surface area contributed by atoms with Crippen molar-refractivity contribution in [3.63, 3.8) is 0 Å². The van der Waals surface area contributed by atoms with Gasteiger partial charge in [-0.2, -0.15) is 0 Å². The van der Waals surface area contributed by atoms with Crippen molar-refractivity contribution in [3.05, 3.63) is 16.7 Å². The summed E-state index contributed by atoms with van der Waals surface area (Å²) in [4.78, 5) is 0. The van der Waals surface area contributed by atoms with Crippen LogP contribution < -0.4 is 10.5 Å². The molecule has 1 aliphatic rings. The van der Waals surface area contributed by atoms with Crippen LogP contribution in [0, 0.1) is 11.3 Å². The molecule has 2 aromatic heterocycles. The molecule has 2 aromatic rings. The second-order valence-corrected chi connectivity index (χ2v) is 7.79. The Morgan fingerprint density at radius 3 is 2.91 bits per heavy atom. The lowest BCUT2D eigenvalue weighted by Crippen LogP contribution is -2.42. The molecule has 126 valence electrons. The lowest BCUT2D eigenvalue weighted by molar-refractivity contribution is -0.00513. The van der Waals surface area contributed by atoms with Crippen molar-refractivity contribution < 1.29 is 4.74 Å². The molecule has 0 aliphatic heterocycles. The van der Waals surface area contributed by atoms with Crippen molar-refractivity contribution in [2.24, 2.45) is 11.3 Å². The highest BCUT2D eigenvalue weighted by Crippen LogP contribution is 2.45. The number of pyridine rings is 1. The third-order valence-corrected chi connectivity index (χ3v) is 6.18. The summed E-state index contributed by atoms with van der Waals surface area (Å²) in [6.45, 7) is 6.89. The second-order valence-electron chi connectivity index (χ2n) is 6.93. The van der Waals surface area contributed by atoms with Gasteiger partial charge in [-0.3, -0.25) is 4.40 Å². The van der Waals surface area contributed by atoms with E-state index in [1.165, 1.54) is 19.3 Å². The van der Waals surface area contributed by atoms with Gasteiger partial charge in [-0.1, -0.05) is 27.2 Å². The zero-order chi connectivity index (χ0) is 16.6. The molecular weight excluding hydrogens is 356 g/mol. The Hall–Kier alpha value is -1.30.